The quantitative estimate of drug-likeness (QED) is 0.377. The highest BCUT2D eigenvalue weighted by atomic mass is 35.5. The SMILES string of the molecule is C[C@@H]1CN(c2ccc(/C(N)=N/O)c(Cl)c2)C[C@H](C)O1. The fourth-order valence-electron chi connectivity index (χ4n) is 2.35. The van der Waals surface area contributed by atoms with Gasteiger partial charge >= 0.3 is 0 Å². The number of ether oxygens (including phenoxy) is 1. The third-order valence-electron chi connectivity index (χ3n) is 3.12. The topological polar surface area (TPSA) is 71.1 Å². The van der Waals surface area contributed by atoms with E-state index >= 15 is 0 Å². The maximum atomic E-state index is 8.68. The lowest BCUT2D eigenvalue weighted by molar-refractivity contribution is -0.00521. The molecule has 1 heterocycles. The van der Waals surface area contributed by atoms with Crippen molar-refractivity contribution < 1.29 is 9.94 Å². The molecule has 1 aliphatic rings. The molecule has 2 atom stereocenters. The molecule has 0 spiro atoms. The average molecular weight is 284 g/mol. The van der Waals surface area contributed by atoms with Crippen molar-refractivity contribution in [2.75, 3.05) is 18.0 Å². The van der Waals surface area contributed by atoms with E-state index in [9.17, 15) is 0 Å². The predicted molar refractivity (Wildman–Crippen MR) is 76.2 cm³/mol. The van der Waals surface area contributed by atoms with Crippen molar-refractivity contribution in [3.05, 3.63) is 28.8 Å². The second kappa shape index (κ2) is 5.67. The fraction of sp³-hybridized carbons (Fsp3) is 0.462. The Morgan fingerprint density at radius 2 is 2.05 bits per heavy atom. The second-order valence-corrected chi connectivity index (χ2v) is 5.22. The Hall–Kier alpha value is -1.46. The minimum atomic E-state index is 0.0141. The van der Waals surface area contributed by atoms with Crippen LogP contribution in [0.25, 0.3) is 0 Å². The molecule has 0 aliphatic carbocycles. The Balaban J connectivity index is 2.24. The summed E-state index contributed by atoms with van der Waals surface area (Å²) in [6.45, 7) is 5.75. The number of nitrogens with two attached hydrogens (primary N) is 1. The molecule has 0 aromatic heterocycles. The van der Waals surface area contributed by atoms with E-state index in [0.29, 0.717) is 10.6 Å². The number of halogens is 1. The van der Waals surface area contributed by atoms with Crippen LogP contribution in [0.5, 0.6) is 0 Å². The van der Waals surface area contributed by atoms with Crippen LogP contribution in [0.3, 0.4) is 0 Å². The van der Waals surface area contributed by atoms with Crippen LogP contribution in [0.15, 0.2) is 23.4 Å². The first-order valence-electron chi connectivity index (χ1n) is 6.19. The molecule has 5 nitrogen and oxygen atoms in total. The van der Waals surface area contributed by atoms with Gasteiger partial charge in [0.25, 0.3) is 0 Å². The first kappa shape index (κ1) is 14.0. The second-order valence-electron chi connectivity index (χ2n) is 4.81. The van der Waals surface area contributed by atoms with E-state index in [1.165, 1.54) is 0 Å². The van der Waals surface area contributed by atoms with Gasteiger partial charge in [-0.1, -0.05) is 16.8 Å². The number of hydrogen-bond acceptors (Lipinski definition) is 4. The van der Waals surface area contributed by atoms with Gasteiger partial charge in [-0.3, -0.25) is 0 Å². The van der Waals surface area contributed by atoms with Gasteiger partial charge in [0.2, 0.25) is 0 Å². The number of hydrogen-bond donors (Lipinski definition) is 2. The van der Waals surface area contributed by atoms with Crippen LogP contribution in [-0.2, 0) is 4.74 Å². The van der Waals surface area contributed by atoms with Crippen LogP contribution in [-0.4, -0.2) is 36.3 Å². The van der Waals surface area contributed by atoms with E-state index in [1.807, 2.05) is 12.1 Å². The summed E-state index contributed by atoms with van der Waals surface area (Å²) in [6.07, 6.45) is 0.373. The van der Waals surface area contributed by atoms with Crippen molar-refractivity contribution in [2.24, 2.45) is 10.9 Å². The molecule has 6 heteroatoms. The molecule has 1 fully saturated rings. The number of amidine groups is 1. The lowest BCUT2D eigenvalue weighted by Gasteiger charge is -2.37. The standard InChI is InChI=1S/C13H18ClN3O2/c1-8-6-17(7-9(2)19-8)10-3-4-11(12(14)5-10)13(15)16-18/h3-5,8-9,18H,6-7H2,1-2H3,(H2,15,16)/t8-,9+. The Bertz CT molecular complexity index is 483. The maximum absolute atomic E-state index is 8.68. The smallest absolute Gasteiger partial charge is 0.171 e. The third-order valence-corrected chi connectivity index (χ3v) is 3.43. The van der Waals surface area contributed by atoms with E-state index in [1.54, 1.807) is 6.07 Å². The van der Waals surface area contributed by atoms with Crippen molar-refractivity contribution in [1.29, 1.82) is 0 Å². The summed E-state index contributed by atoms with van der Waals surface area (Å²) in [6, 6.07) is 5.52. The zero-order chi connectivity index (χ0) is 14.0. The molecule has 0 unspecified atom stereocenters. The molecule has 1 aliphatic heterocycles. The lowest BCUT2D eigenvalue weighted by atomic mass is 10.1. The lowest BCUT2D eigenvalue weighted by Crippen LogP contribution is -2.45. The largest absolute Gasteiger partial charge is 0.409 e. The van der Waals surface area contributed by atoms with Crippen molar-refractivity contribution in [3.63, 3.8) is 0 Å². The summed E-state index contributed by atoms with van der Waals surface area (Å²) >= 11 is 6.17. The minimum absolute atomic E-state index is 0.0141. The molecule has 3 N–H and O–H groups in total. The molecule has 2 rings (SSSR count). The highest BCUT2D eigenvalue weighted by molar-refractivity contribution is 6.34. The van der Waals surface area contributed by atoms with Crippen LogP contribution >= 0.6 is 11.6 Å². The molecule has 0 amide bonds. The zero-order valence-electron chi connectivity index (χ0n) is 11.0. The Labute approximate surface area is 117 Å². The zero-order valence-corrected chi connectivity index (χ0v) is 11.8. The fourth-order valence-corrected chi connectivity index (χ4v) is 2.62. The molecule has 1 aromatic carbocycles. The summed E-state index contributed by atoms with van der Waals surface area (Å²) in [5, 5.41) is 12.1. The van der Waals surface area contributed by atoms with E-state index < -0.39 is 0 Å². The van der Waals surface area contributed by atoms with Gasteiger partial charge < -0.3 is 20.6 Å². The van der Waals surface area contributed by atoms with Crippen molar-refractivity contribution in [3.8, 4) is 0 Å². The van der Waals surface area contributed by atoms with Gasteiger partial charge in [0.1, 0.15) is 0 Å². The monoisotopic (exact) mass is 283 g/mol. The van der Waals surface area contributed by atoms with Gasteiger partial charge in [-0.2, -0.15) is 0 Å². The van der Waals surface area contributed by atoms with Gasteiger partial charge in [-0.15, -0.1) is 0 Å². The van der Waals surface area contributed by atoms with Gasteiger partial charge in [-0.25, -0.2) is 0 Å². The van der Waals surface area contributed by atoms with Crippen molar-refractivity contribution >= 4 is 23.1 Å². The molecule has 1 saturated heterocycles. The number of benzene rings is 1. The van der Waals surface area contributed by atoms with Crippen LogP contribution in [0, 0.1) is 0 Å². The average Bonchev–Trinajstić information content (AvgIpc) is 2.36. The molecule has 104 valence electrons. The number of anilines is 1. The Morgan fingerprint density at radius 1 is 1.42 bits per heavy atom. The summed E-state index contributed by atoms with van der Waals surface area (Å²) in [4.78, 5) is 2.22. The summed E-state index contributed by atoms with van der Waals surface area (Å²) < 4.78 is 5.70. The summed E-state index contributed by atoms with van der Waals surface area (Å²) in [5.41, 5.74) is 7.09. The van der Waals surface area contributed by atoms with Crippen molar-refractivity contribution in [1.82, 2.24) is 0 Å². The van der Waals surface area contributed by atoms with Crippen molar-refractivity contribution in [2.45, 2.75) is 26.1 Å². The predicted octanol–water partition coefficient (Wildman–Crippen LogP) is 2.05. The maximum Gasteiger partial charge on any atom is 0.171 e. The molecule has 0 bridgehead atoms. The summed E-state index contributed by atoms with van der Waals surface area (Å²) in [5.74, 6) is 0.0141. The highest BCUT2D eigenvalue weighted by Gasteiger charge is 2.22. The van der Waals surface area contributed by atoms with Gasteiger partial charge in [0.15, 0.2) is 5.84 Å². The van der Waals surface area contributed by atoms with Gasteiger partial charge in [0, 0.05) is 24.3 Å². The van der Waals surface area contributed by atoms with Crippen LogP contribution in [0.4, 0.5) is 5.69 Å². The first-order valence-corrected chi connectivity index (χ1v) is 6.57. The minimum Gasteiger partial charge on any atom is -0.409 e. The van der Waals surface area contributed by atoms with E-state index in [0.717, 1.165) is 18.8 Å². The highest BCUT2D eigenvalue weighted by Crippen LogP contribution is 2.26. The van der Waals surface area contributed by atoms with Gasteiger partial charge in [-0.05, 0) is 32.0 Å². The molecular formula is C13H18ClN3O2. The molecule has 19 heavy (non-hydrogen) atoms. The molecule has 0 saturated carbocycles. The number of morpholine rings is 1. The Kier molecular flexibility index (Phi) is 4.17. The molecule has 1 aromatic rings. The van der Waals surface area contributed by atoms with E-state index in [4.69, 9.17) is 27.3 Å². The molecule has 0 radical (unpaired) electrons. The number of rotatable bonds is 2. The molecular weight excluding hydrogens is 266 g/mol. The number of oxime groups is 1. The Morgan fingerprint density at radius 3 is 2.58 bits per heavy atom. The van der Waals surface area contributed by atoms with E-state index in [-0.39, 0.29) is 18.0 Å². The third kappa shape index (κ3) is 3.11. The van der Waals surface area contributed by atoms with Gasteiger partial charge in [0.05, 0.1) is 17.2 Å². The number of nitrogens with zero attached hydrogens (tertiary/aromatic N) is 2. The first-order chi connectivity index (χ1) is 9.01. The van der Waals surface area contributed by atoms with E-state index in [2.05, 4.69) is 23.9 Å². The summed E-state index contributed by atoms with van der Waals surface area (Å²) in [7, 11) is 0. The van der Waals surface area contributed by atoms with Crippen LogP contribution in [0.1, 0.15) is 19.4 Å². The van der Waals surface area contributed by atoms with Crippen LogP contribution < -0.4 is 10.6 Å². The van der Waals surface area contributed by atoms with Crippen LogP contribution in [0.2, 0.25) is 5.02 Å². The normalized spacial score (nSPS) is 24.6.